The third kappa shape index (κ3) is 7.38. The lowest BCUT2D eigenvalue weighted by molar-refractivity contribution is -0.137. The second-order valence-electron chi connectivity index (χ2n) is 15.7. The fourth-order valence-corrected chi connectivity index (χ4v) is 8.80. The summed E-state index contributed by atoms with van der Waals surface area (Å²) in [6, 6.07) is 15.3. The highest BCUT2D eigenvalue weighted by molar-refractivity contribution is 6.36. The molecule has 2 atom stereocenters. The van der Waals surface area contributed by atoms with Crippen molar-refractivity contribution < 1.29 is 36.9 Å². The van der Waals surface area contributed by atoms with E-state index in [2.05, 4.69) is 19.9 Å². The number of rotatable bonds is 9. The highest BCUT2D eigenvalue weighted by Gasteiger charge is 2.59. The number of ether oxygens (including phenoxy) is 2. The van der Waals surface area contributed by atoms with Gasteiger partial charge in [-0.3, -0.25) is 4.90 Å². The summed E-state index contributed by atoms with van der Waals surface area (Å²) in [7, 11) is 3.09. The standard InChI is InChI=1S/C41H41Cl2F4N7O4/c1-22-17-28(52(18-23-7-11-26(57-5)12-8-23)19-24-9-13-27(58-6)14-10-24)48-33(30(22)41(45,46)47)34-31(44)32-29(35(42)49-34)36(51-37(43)50-32)53-20-25-15-16-40(21-53,39(2,3)4)54(25)38(55)56/h7-14,17,25H,15-16,18-21H2,1-6H3,(H,55,56)/t25-,40-/m0/s1. The maximum atomic E-state index is 17.1. The molecule has 7 rings (SSSR count). The van der Waals surface area contributed by atoms with E-state index >= 15 is 17.6 Å². The average molecular weight is 843 g/mol. The second kappa shape index (κ2) is 15.2. The number of alkyl halides is 3. The summed E-state index contributed by atoms with van der Waals surface area (Å²) in [5, 5.41) is 9.44. The zero-order valence-electron chi connectivity index (χ0n) is 32.6. The van der Waals surface area contributed by atoms with Crippen LogP contribution in [0.15, 0.2) is 54.6 Å². The normalized spacial score (nSPS) is 18.2. The Morgan fingerprint density at radius 3 is 2.03 bits per heavy atom. The van der Waals surface area contributed by atoms with Crippen molar-refractivity contribution >= 4 is 51.8 Å². The number of hydrogen-bond acceptors (Lipinski definition) is 9. The lowest BCUT2D eigenvalue weighted by Crippen LogP contribution is -2.68. The number of halogens is 6. The van der Waals surface area contributed by atoms with Gasteiger partial charge in [-0.1, -0.05) is 56.6 Å². The Balaban J connectivity index is 1.38. The fraction of sp³-hybridized carbons (Fsp3) is 0.390. The molecule has 1 N–H and O–H groups in total. The molecule has 306 valence electrons. The van der Waals surface area contributed by atoms with Gasteiger partial charge in [0.05, 0.1) is 36.8 Å². The Morgan fingerprint density at radius 1 is 0.931 bits per heavy atom. The average Bonchev–Trinajstić information content (AvgIpc) is 3.42. The largest absolute Gasteiger partial charge is 0.497 e. The van der Waals surface area contributed by atoms with Gasteiger partial charge >= 0.3 is 12.3 Å². The number of hydrogen-bond donors (Lipinski definition) is 1. The first-order chi connectivity index (χ1) is 27.3. The summed E-state index contributed by atoms with van der Waals surface area (Å²) < 4.78 is 72.8. The molecule has 5 heterocycles. The van der Waals surface area contributed by atoms with E-state index in [1.807, 2.05) is 45.0 Å². The monoisotopic (exact) mass is 841 g/mol. The minimum Gasteiger partial charge on any atom is -0.497 e. The zero-order chi connectivity index (χ0) is 41.9. The first-order valence-corrected chi connectivity index (χ1v) is 19.2. The lowest BCUT2D eigenvalue weighted by atomic mass is 9.71. The first-order valence-electron chi connectivity index (χ1n) is 18.4. The second-order valence-corrected chi connectivity index (χ2v) is 16.4. The number of nitrogens with zero attached hydrogens (tertiary/aromatic N) is 7. The molecule has 2 saturated heterocycles. The van der Waals surface area contributed by atoms with Crippen molar-refractivity contribution in [2.75, 3.05) is 37.1 Å². The molecule has 0 saturated carbocycles. The molecule has 0 aliphatic carbocycles. The third-order valence-corrected chi connectivity index (χ3v) is 11.7. The van der Waals surface area contributed by atoms with Crippen molar-refractivity contribution in [3.8, 4) is 22.9 Å². The van der Waals surface area contributed by atoms with E-state index in [9.17, 15) is 9.90 Å². The highest BCUT2D eigenvalue weighted by Crippen LogP contribution is 2.51. The Hall–Kier alpha value is -5.15. The van der Waals surface area contributed by atoms with Gasteiger partial charge in [0.15, 0.2) is 5.82 Å². The SMILES string of the molecule is COc1ccc(CN(Cc2ccc(OC)cc2)c2cc(C)c(C(F)(F)F)c(-c3nc(Cl)c4c(N5C[C@@H]6CC[C@@](C(C)(C)C)(C5)N6C(=O)O)nc(Cl)nc4c3F)n2)cc1. The Bertz CT molecular complexity index is 2330. The van der Waals surface area contributed by atoms with Crippen LogP contribution < -0.4 is 19.3 Å². The van der Waals surface area contributed by atoms with Crippen molar-refractivity contribution in [3.63, 3.8) is 0 Å². The molecule has 17 heteroatoms. The number of anilines is 2. The van der Waals surface area contributed by atoms with Crippen molar-refractivity contribution in [2.24, 2.45) is 5.41 Å². The molecule has 5 aromatic rings. The van der Waals surface area contributed by atoms with Crippen LogP contribution in [-0.4, -0.2) is 74.9 Å². The van der Waals surface area contributed by atoms with E-state index < -0.39 is 57.6 Å². The number of carbonyl (C=O) groups is 1. The zero-order valence-corrected chi connectivity index (χ0v) is 34.1. The van der Waals surface area contributed by atoms with E-state index in [1.54, 1.807) is 48.3 Å². The van der Waals surface area contributed by atoms with Crippen molar-refractivity contribution in [2.45, 2.75) is 71.4 Å². The van der Waals surface area contributed by atoms with Crippen molar-refractivity contribution in [1.29, 1.82) is 0 Å². The Morgan fingerprint density at radius 2 is 1.52 bits per heavy atom. The van der Waals surface area contributed by atoms with Crippen LogP contribution in [0.2, 0.25) is 10.4 Å². The summed E-state index contributed by atoms with van der Waals surface area (Å²) in [5.74, 6) is 0.241. The van der Waals surface area contributed by atoms with Crippen molar-refractivity contribution in [3.05, 3.63) is 93.1 Å². The lowest BCUT2D eigenvalue weighted by Gasteiger charge is -2.54. The van der Waals surface area contributed by atoms with E-state index in [-0.39, 0.29) is 59.2 Å². The van der Waals surface area contributed by atoms with Gasteiger partial charge in [-0.2, -0.15) is 18.2 Å². The number of piperazine rings is 1. The number of methoxy groups -OCH3 is 2. The minimum absolute atomic E-state index is 0.0679. The Kier molecular flexibility index (Phi) is 10.8. The summed E-state index contributed by atoms with van der Waals surface area (Å²) in [6.45, 7) is 7.92. The van der Waals surface area contributed by atoms with E-state index in [1.165, 1.54) is 17.9 Å². The molecule has 0 spiro atoms. The van der Waals surface area contributed by atoms with E-state index in [4.69, 9.17) is 32.7 Å². The molecule has 58 heavy (non-hydrogen) atoms. The first kappa shape index (κ1) is 41.0. The quantitative estimate of drug-likeness (QED) is 0.0874. The molecule has 0 radical (unpaired) electrons. The summed E-state index contributed by atoms with van der Waals surface area (Å²) in [6.07, 6.45) is -4.87. The van der Waals surface area contributed by atoms with Gasteiger partial charge in [0, 0.05) is 26.2 Å². The van der Waals surface area contributed by atoms with E-state index in [0.717, 1.165) is 11.1 Å². The number of pyridine rings is 2. The smallest absolute Gasteiger partial charge is 0.418 e. The molecular formula is C41H41Cl2F4N7O4. The molecule has 2 aromatic carbocycles. The van der Waals surface area contributed by atoms with Crippen LogP contribution in [0, 0.1) is 18.2 Å². The number of benzene rings is 2. The van der Waals surface area contributed by atoms with Gasteiger partial charge in [-0.15, -0.1) is 0 Å². The molecule has 1 amide bonds. The molecule has 11 nitrogen and oxygen atoms in total. The van der Waals surface area contributed by atoms with Gasteiger partial charge in [0.1, 0.15) is 45.2 Å². The van der Waals surface area contributed by atoms with E-state index in [0.29, 0.717) is 24.3 Å². The van der Waals surface area contributed by atoms with Crippen LogP contribution >= 0.6 is 23.2 Å². The van der Waals surface area contributed by atoms with Crippen LogP contribution in [0.4, 0.5) is 34.0 Å². The summed E-state index contributed by atoms with van der Waals surface area (Å²) in [4.78, 5) is 35.0. The predicted octanol–water partition coefficient (Wildman–Crippen LogP) is 9.83. The van der Waals surface area contributed by atoms with Crippen LogP contribution in [0.3, 0.4) is 0 Å². The van der Waals surface area contributed by atoms with Crippen LogP contribution in [-0.2, 0) is 19.3 Å². The fourth-order valence-electron chi connectivity index (χ4n) is 8.38. The maximum absolute atomic E-state index is 17.1. The predicted molar refractivity (Wildman–Crippen MR) is 213 cm³/mol. The molecule has 3 aromatic heterocycles. The van der Waals surface area contributed by atoms with Gasteiger partial charge in [0.2, 0.25) is 5.28 Å². The number of fused-ring (bicyclic) bond motifs is 3. The molecule has 2 aliphatic heterocycles. The molecule has 2 fully saturated rings. The number of carboxylic acid groups (broad SMARTS) is 1. The Labute approximate surface area is 342 Å². The number of aryl methyl sites for hydroxylation is 1. The molecule has 2 aliphatic rings. The van der Waals surface area contributed by atoms with Gasteiger partial charge in [-0.25, -0.2) is 24.1 Å². The van der Waals surface area contributed by atoms with Crippen LogP contribution in [0.25, 0.3) is 22.3 Å². The summed E-state index contributed by atoms with van der Waals surface area (Å²) >= 11 is 13.3. The number of amides is 1. The molecular weight excluding hydrogens is 801 g/mol. The van der Waals surface area contributed by atoms with Crippen LogP contribution in [0.5, 0.6) is 11.5 Å². The summed E-state index contributed by atoms with van der Waals surface area (Å²) in [5.41, 5.74) is -3.19. The van der Waals surface area contributed by atoms with Gasteiger partial charge < -0.3 is 24.4 Å². The molecule has 0 unspecified atom stereocenters. The third-order valence-electron chi connectivity index (χ3n) is 11.3. The van der Waals surface area contributed by atoms with Crippen LogP contribution in [0.1, 0.15) is 55.9 Å². The minimum atomic E-state index is -4.98. The molecule has 2 bridgehead atoms. The van der Waals surface area contributed by atoms with Crippen molar-refractivity contribution in [1.82, 2.24) is 24.8 Å². The van der Waals surface area contributed by atoms with Gasteiger partial charge in [-0.05, 0) is 83.8 Å². The number of aromatic nitrogens is 4. The topological polar surface area (TPSA) is 117 Å². The maximum Gasteiger partial charge on any atom is 0.418 e. The highest BCUT2D eigenvalue weighted by atomic mass is 35.5. The van der Waals surface area contributed by atoms with Gasteiger partial charge in [0.25, 0.3) is 0 Å².